The van der Waals surface area contributed by atoms with E-state index in [9.17, 15) is 4.79 Å². The Hall–Kier alpha value is -1.59. The molecule has 0 fully saturated rings. The van der Waals surface area contributed by atoms with Crippen LogP contribution in [0, 0.1) is 0 Å². The average molecular weight is 278 g/mol. The molecular formula is C12H8ClN3OS. The number of carbonyl (C=O) groups is 1. The van der Waals surface area contributed by atoms with Crippen LogP contribution in [0.3, 0.4) is 0 Å². The molecule has 90 valence electrons. The van der Waals surface area contributed by atoms with E-state index in [0.717, 1.165) is 5.56 Å². The summed E-state index contributed by atoms with van der Waals surface area (Å²) in [5.41, 5.74) is 0.898. The van der Waals surface area contributed by atoms with E-state index in [0.29, 0.717) is 10.2 Å². The highest BCUT2D eigenvalue weighted by Gasteiger charge is 2.30. The summed E-state index contributed by atoms with van der Waals surface area (Å²) in [6, 6.07) is 7.50. The Labute approximate surface area is 113 Å². The molecule has 1 aromatic heterocycles. The van der Waals surface area contributed by atoms with E-state index < -0.39 is 0 Å². The van der Waals surface area contributed by atoms with Crippen LogP contribution in [0.25, 0.3) is 6.08 Å². The van der Waals surface area contributed by atoms with Gasteiger partial charge >= 0.3 is 0 Å². The van der Waals surface area contributed by atoms with E-state index in [-0.39, 0.29) is 11.2 Å². The largest absolute Gasteiger partial charge is 0.272 e. The molecule has 0 saturated carbocycles. The second kappa shape index (κ2) is 4.59. The highest BCUT2D eigenvalue weighted by molar-refractivity contribution is 8.01. The molecule has 1 aromatic carbocycles. The SMILES string of the molecule is O=C1C(/C=C\c2ccccc2Cl)Sc2nncn21. The summed E-state index contributed by atoms with van der Waals surface area (Å²) in [6.07, 6.45) is 5.13. The Morgan fingerprint density at radius 3 is 3.00 bits per heavy atom. The fraction of sp³-hybridized carbons (Fsp3) is 0.0833. The third-order valence-corrected chi connectivity index (χ3v) is 4.03. The lowest BCUT2D eigenvalue weighted by atomic mass is 10.2. The molecule has 0 N–H and O–H groups in total. The zero-order chi connectivity index (χ0) is 12.5. The minimum atomic E-state index is -0.258. The summed E-state index contributed by atoms with van der Waals surface area (Å²) in [5.74, 6) is -0.0247. The Kier molecular flexibility index (Phi) is 2.93. The molecule has 0 radical (unpaired) electrons. The smallest absolute Gasteiger partial charge is 0.251 e. The van der Waals surface area contributed by atoms with Crippen LogP contribution < -0.4 is 0 Å². The molecule has 1 unspecified atom stereocenters. The van der Waals surface area contributed by atoms with Gasteiger partial charge in [-0.3, -0.25) is 4.79 Å². The van der Waals surface area contributed by atoms with Crippen LogP contribution in [0.5, 0.6) is 0 Å². The maximum Gasteiger partial charge on any atom is 0.251 e. The Morgan fingerprint density at radius 2 is 2.22 bits per heavy atom. The summed E-state index contributed by atoms with van der Waals surface area (Å²) in [4.78, 5) is 11.9. The average Bonchev–Trinajstić information content (AvgIpc) is 2.93. The first-order valence-electron chi connectivity index (χ1n) is 5.29. The summed E-state index contributed by atoms with van der Waals surface area (Å²) >= 11 is 7.43. The van der Waals surface area contributed by atoms with Gasteiger partial charge < -0.3 is 0 Å². The van der Waals surface area contributed by atoms with Crippen LogP contribution in [0.2, 0.25) is 5.02 Å². The first-order chi connectivity index (χ1) is 8.75. The van der Waals surface area contributed by atoms with Gasteiger partial charge in [0.15, 0.2) is 5.16 Å². The quantitative estimate of drug-likeness (QED) is 0.847. The summed E-state index contributed by atoms with van der Waals surface area (Å²) in [7, 11) is 0. The predicted molar refractivity (Wildman–Crippen MR) is 70.8 cm³/mol. The van der Waals surface area contributed by atoms with Crippen molar-refractivity contribution in [3.63, 3.8) is 0 Å². The normalized spacial score (nSPS) is 18.5. The highest BCUT2D eigenvalue weighted by Crippen LogP contribution is 2.31. The fourth-order valence-corrected chi connectivity index (χ4v) is 2.82. The molecule has 0 amide bonds. The lowest BCUT2D eigenvalue weighted by Crippen LogP contribution is -2.14. The molecule has 1 aliphatic rings. The molecule has 0 spiro atoms. The molecular weight excluding hydrogens is 270 g/mol. The van der Waals surface area contributed by atoms with Crippen LogP contribution >= 0.6 is 23.4 Å². The van der Waals surface area contributed by atoms with Crippen molar-refractivity contribution in [3.8, 4) is 0 Å². The first kappa shape index (κ1) is 11.5. The summed E-state index contributed by atoms with van der Waals surface area (Å²) in [6.45, 7) is 0. The van der Waals surface area contributed by atoms with E-state index in [1.165, 1.54) is 22.7 Å². The molecule has 2 heterocycles. The van der Waals surface area contributed by atoms with E-state index in [4.69, 9.17) is 11.6 Å². The van der Waals surface area contributed by atoms with Crippen LogP contribution in [-0.2, 0) is 0 Å². The van der Waals surface area contributed by atoms with E-state index in [1.807, 2.05) is 36.4 Å². The van der Waals surface area contributed by atoms with Crippen LogP contribution in [0.4, 0.5) is 0 Å². The van der Waals surface area contributed by atoms with Gasteiger partial charge in [-0.1, -0.05) is 53.7 Å². The second-order valence-electron chi connectivity index (χ2n) is 3.74. The van der Waals surface area contributed by atoms with Crippen LogP contribution in [0.15, 0.2) is 41.8 Å². The van der Waals surface area contributed by atoms with E-state index in [2.05, 4.69) is 10.2 Å². The number of carbonyl (C=O) groups excluding carboxylic acids is 1. The first-order valence-corrected chi connectivity index (χ1v) is 6.55. The summed E-state index contributed by atoms with van der Waals surface area (Å²) in [5, 5.41) is 8.60. The van der Waals surface area contributed by atoms with Crippen molar-refractivity contribution >= 4 is 35.3 Å². The highest BCUT2D eigenvalue weighted by atomic mass is 35.5. The molecule has 0 bridgehead atoms. The number of nitrogens with zero attached hydrogens (tertiary/aromatic N) is 3. The number of halogens is 1. The molecule has 3 rings (SSSR count). The topological polar surface area (TPSA) is 47.8 Å². The van der Waals surface area contributed by atoms with Crippen molar-refractivity contribution in [3.05, 3.63) is 47.3 Å². The number of thioether (sulfide) groups is 1. The molecule has 0 saturated heterocycles. The monoisotopic (exact) mass is 277 g/mol. The van der Waals surface area contributed by atoms with Crippen molar-refractivity contribution in [1.82, 2.24) is 14.8 Å². The third kappa shape index (κ3) is 1.95. The standard InChI is InChI=1S/C12H8ClN3OS/c13-9-4-2-1-3-8(9)5-6-10-11(17)16-7-14-15-12(16)18-10/h1-7,10H/b6-5-. The zero-order valence-electron chi connectivity index (χ0n) is 9.15. The number of rotatable bonds is 2. The van der Waals surface area contributed by atoms with Crippen molar-refractivity contribution in [2.24, 2.45) is 0 Å². The van der Waals surface area contributed by atoms with Crippen molar-refractivity contribution in [2.75, 3.05) is 0 Å². The van der Waals surface area contributed by atoms with Crippen molar-refractivity contribution in [2.45, 2.75) is 10.4 Å². The van der Waals surface area contributed by atoms with Gasteiger partial charge in [-0.15, -0.1) is 10.2 Å². The van der Waals surface area contributed by atoms with Crippen LogP contribution in [-0.4, -0.2) is 25.9 Å². The van der Waals surface area contributed by atoms with Crippen molar-refractivity contribution in [1.29, 1.82) is 0 Å². The van der Waals surface area contributed by atoms with Gasteiger partial charge in [-0.05, 0) is 11.6 Å². The van der Waals surface area contributed by atoms with Crippen molar-refractivity contribution < 1.29 is 4.79 Å². The fourth-order valence-electron chi connectivity index (χ4n) is 1.68. The van der Waals surface area contributed by atoms with Gasteiger partial charge in [0.25, 0.3) is 5.91 Å². The molecule has 1 atom stereocenters. The van der Waals surface area contributed by atoms with E-state index in [1.54, 1.807) is 0 Å². The van der Waals surface area contributed by atoms with Gasteiger partial charge in [0, 0.05) is 5.02 Å². The van der Waals surface area contributed by atoms with Gasteiger partial charge in [0.05, 0.1) is 0 Å². The Bertz CT molecular complexity index is 638. The third-order valence-electron chi connectivity index (χ3n) is 2.59. The van der Waals surface area contributed by atoms with E-state index >= 15 is 0 Å². The predicted octanol–water partition coefficient (Wildman–Crippen LogP) is 2.76. The maximum atomic E-state index is 11.9. The minimum Gasteiger partial charge on any atom is -0.272 e. The van der Waals surface area contributed by atoms with Gasteiger partial charge in [-0.2, -0.15) is 0 Å². The molecule has 6 heteroatoms. The number of aromatic nitrogens is 3. The van der Waals surface area contributed by atoms with Gasteiger partial charge in [-0.25, -0.2) is 4.57 Å². The number of benzene rings is 1. The molecule has 4 nitrogen and oxygen atoms in total. The zero-order valence-corrected chi connectivity index (χ0v) is 10.7. The van der Waals surface area contributed by atoms with Crippen LogP contribution in [0.1, 0.15) is 10.4 Å². The maximum absolute atomic E-state index is 11.9. The van der Waals surface area contributed by atoms with Gasteiger partial charge in [0.1, 0.15) is 11.6 Å². The number of fused-ring (bicyclic) bond motifs is 1. The Balaban J connectivity index is 1.81. The van der Waals surface area contributed by atoms with Gasteiger partial charge in [0.2, 0.25) is 0 Å². The molecule has 2 aromatic rings. The Morgan fingerprint density at radius 1 is 1.39 bits per heavy atom. The lowest BCUT2D eigenvalue weighted by molar-refractivity contribution is 0.0921. The lowest BCUT2D eigenvalue weighted by Gasteiger charge is -2.00. The molecule has 1 aliphatic heterocycles. The minimum absolute atomic E-state index is 0.0247. The number of hydrogen-bond donors (Lipinski definition) is 0. The second-order valence-corrected chi connectivity index (χ2v) is 5.26. The summed E-state index contributed by atoms with van der Waals surface area (Å²) < 4.78 is 1.46. The molecule has 18 heavy (non-hydrogen) atoms. The number of hydrogen-bond acceptors (Lipinski definition) is 4. The molecule has 0 aliphatic carbocycles.